The lowest BCUT2D eigenvalue weighted by Crippen LogP contribution is -2.23. The summed E-state index contributed by atoms with van der Waals surface area (Å²) in [6.07, 6.45) is 4.02. The summed E-state index contributed by atoms with van der Waals surface area (Å²) in [6, 6.07) is 14.4. The number of rotatable bonds is 7. The van der Waals surface area contributed by atoms with Crippen LogP contribution in [0.2, 0.25) is 0 Å². The molecule has 0 aliphatic carbocycles. The molecule has 2 rings (SSSR count). The monoisotopic (exact) mass is 258 g/mol. The molecule has 0 fully saturated rings. The van der Waals surface area contributed by atoms with Crippen LogP contribution < -0.4 is 10.5 Å². The zero-order valence-electron chi connectivity index (χ0n) is 11.5. The van der Waals surface area contributed by atoms with Gasteiger partial charge in [-0.05, 0) is 30.7 Å². The van der Waals surface area contributed by atoms with Gasteiger partial charge in [0.1, 0.15) is 12.4 Å². The lowest BCUT2D eigenvalue weighted by Gasteiger charge is -2.13. The van der Waals surface area contributed by atoms with Crippen LogP contribution in [-0.2, 0) is 13.0 Å². The van der Waals surface area contributed by atoms with Gasteiger partial charge >= 0.3 is 0 Å². The Morgan fingerprint density at radius 2 is 1.95 bits per heavy atom. The molecule has 0 saturated carbocycles. The van der Waals surface area contributed by atoms with Gasteiger partial charge in [0.05, 0.1) is 6.54 Å². The zero-order chi connectivity index (χ0) is 13.5. The smallest absolute Gasteiger partial charge is 0.119 e. The first kappa shape index (κ1) is 13.7. The summed E-state index contributed by atoms with van der Waals surface area (Å²) in [5.74, 6) is 0.918. The van der Waals surface area contributed by atoms with Gasteiger partial charge in [0, 0.05) is 24.4 Å². The van der Waals surface area contributed by atoms with Crippen LogP contribution in [0.15, 0.2) is 48.7 Å². The molecule has 19 heavy (non-hydrogen) atoms. The van der Waals surface area contributed by atoms with Crippen LogP contribution in [0, 0.1) is 0 Å². The van der Waals surface area contributed by atoms with Crippen LogP contribution in [-0.4, -0.2) is 17.2 Å². The van der Waals surface area contributed by atoms with Crippen molar-refractivity contribution in [3.63, 3.8) is 0 Å². The Labute approximate surface area is 115 Å². The summed E-state index contributed by atoms with van der Waals surface area (Å²) < 4.78 is 7.93. The number of nitrogens with zero attached hydrogens (tertiary/aromatic N) is 1. The van der Waals surface area contributed by atoms with E-state index in [1.165, 1.54) is 5.69 Å². The molecular weight excluding hydrogens is 236 g/mol. The van der Waals surface area contributed by atoms with E-state index in [-0.39, 0.29) is 6.04 Å². The summed E-state index contributed by atoms with van der Waals surface area (Å²) in [6.45, 7) is 3.65. The van der Waals surface area contributed by atoms with Gasteiger partial charge < -0.3 is 15.0 Å². The molecule has 0 amide bonds. The first-order chi connectivity index (χ1) is 9.29. The van der Waals surface area contributed by atoms with Crippen LogP contribution in [0.4, 0.5) is 0 Å². The van der Waals surface area contributed by atoms with Gasteiger partial charge in [0.25, 0.3) is 0 Å². The third-order valence-electron chi connectivity index (χ3n) is 3.26. The molecule has 2 N–H and O–H groups in total. The molecular formula is C16H22N2O. The second-order valence-electron chi connectivity index (χ2n) is 4.73. The van der Waals surface area contributed by atoms with E-state index in [4.69, 9.17) is 10.5 Å². The number of para-hydroxylation sites is 1. The number of aromatic nitrogens is 1. The van der Waals surface area contributed by atoms with E-state index in [1.807, 2.05) is 30.3 Å². The van der Waals surface area contributed by atoms with Crippen molar-refractivity contribution < 1.29 is 4.74 Å². The average molecular weight is 258 g/mol. The van der Waals surface area contributed by atoms with Crippen LogP contribution in [0.5, 0.6) is 5.75 Å². The third-order valence-corrected chi connectivity index (χ3v) is 3.26. The number of hydrogen-bond acceptors (Lipinski definition) is 2. The van der Waals surface area contributed by atoms with Crippen LogP contribution in [0.1, 0.15) is 19.0 Å². The maximum absolute atomic E-state index is 6.01. The number of nitrogens with two attached hydrogens (primary N) is 1. The summed E-state index contributed by atoms with van der Waals surface area (Å²) in [5.41, 5.74) is 7.29. The van der Waals surface area contributed by atoms with Crippen LogP contribution in [0.25, 0.3) is 0 Å². The van der Waals surface area contributed by atoms with Gasteiger partial charge in [-0.15, -0.1) is 0 Å². The van der Waals surface area contributed by atoms with Crippen LogP contribution >= 0.6 is 0 Å². The van der Waals surface area contributed by atoms with Crippen molar-refractivity contribution in [2.75, 3.05) is 6.61 Å². The van der Waals surface area contributed by atoms with E-state index < -0.39 is 0 Å². The van der Waals surface area contributed by atoms with Gasteiger partial charge in [-0.25, -0.2) is 0 Å². The fraction of sp³-hybridized carbons (Fsp3) is 0.375. The van der Waals surface area contributed by atoms with Gasteiger partial charge in [0.2, 0.25) is 0 Å². The standard InChI is InChI=1S/C16H22N2O/c1-2-14(17)13-15-7-6-10-18(15)11-12-19-16-8-4-3-5-9-16/h3-10,14H,2,11-13,17H2,1H3. The molecule has 3 nitrogen and oxygen atoms in total. The van der Waals surface area contributed by atoms with Gasteiger partial charge in [0.15, 0.2) is 0 Å². The predicted molar refractivity (Wildman–Crippen MR) is 78.3 cm³/mol. The maximum Gasteiger partial charge on any atom is 0.119 e. The second-order valence-corrected chi connectivity index (χ2v) is 4.73. The third kappa shape index (κ3) is 4.14. The minimum atomic E-state index is 0.240. The van der Waals surface area contributed by atoms with Crippen molar-refractivity contribution in [1.82, 2.24) is 4.57 Å². The highest BCUT2D eigenvalue weighted by Gasteiger charge is 2.05. The highest BCUT2D eigenvalue weighted by Crippen LogP contribution is 2.10. The Balaban J connectivity index is 1.84. The first-order valence-corrected chi connectivity index (χ1v) is 6.87. The molecule has 1 aromatic heterocycles. The Kier molecular flexibility index (Phi) is 5.04. The second kappa shape index (κ2) is 7.00. The molecule has 0 aliphatic rings. The molecule has 3 heteroatoms. The Bertz CT molecular complexity index is 479. The van der Waals surface area contributed by atoms with Crippen molar-refractivity contribution >= 4 is 0 Å². The number of hydrogen-bond donors (Lipinski definition) is 1. The summed E-state index contributed by atoms with van der Waals surface area (Å²) in [7, 11) is 0. The zero-order valence-corrected chi connectivity index (χ0v) is 11.5. The highest BCUT2D eigenvalue weighted by molar-refractivity contribution is 5.20. The van der Waals surface area contributed by atoms with E-state index >= 15 is 0 Å². The summed E-state index contributed by atoms with van der Waals surface area (Å²) in [4.78, 5) is 0. The largest absolute Gasteiger partial charge is 0.492 e. The van der Waals surface area contributed by atoms with Crippen molar-refractivity contribution in [3.05, 3.63) is 54.4 Å². The van der Waals surface area contributed by atoms with E-state index in [0.29, 0.717) is 6.61 Å². The lowest BCUT2D eigenvalue weighted by atomic mass is 10.1. The lowest BCUT2D eigenvalue weighted by molar-refractivity contribution is 0.296. The molecule has 1 aromatic carbocycles. The minimum Gasteiger partial charge on any atom is -0.492 e. The van der Waals surface area contributed by atoms with E-state index in [1.54, 1.807) is 0 Å². The Morgan fingerprint density at radius 1 is 1.16 bits per heavy atom. The molecule has 1 unspecified atom stereocenters. The minimum absolute atomic E-state index is 0.240. The SMILES string of the molecule is CCC(N)Cc1cccn1CCOc1ccccc1. The normalized spacial score (nSPS) is 12.3. The molecule has 0 bridgehead atoms. The fourth-order valence-electron chi connectivity index (χ4n) is 2.04. The molecule has 0 spiro atoms. The highest BCUT2D eigenvalue weighted by atomic mass is 16.5. The quantitative estimate of drug-likeness (QED) is 0.829. The van der Waals surface area contributed by atoms with Crippen molar-refractivity contribution in [2.24, 2.45) is 5.73 Å². The van der Waals surface area contributed by atoms with Crippen LogP contribution in [0.3, 0.4) is 0 Å². The molecule has 102 valence electrons. The Hall–Kier alpha value is -1.74. The molecule has 0 saturated heterocycles. The summed E-state index contributed by atoms with van der Waals surface area (Å²) >= 11 is 0. The summed E-state index contributed by atoms with van der Waals surface area (Å²) in [5, 5.41) is 0. The van der Waals surface area contributed by atoms with Crippen molar-refractivity contribution in [1.29, 1.82) is 0 Å². The number of ether oxygens (including phenoxy) is 1. The van der Waals surface area contributed by atoms with E-state index in [0.717, 1.165) is 25.1 Å². The molecule has 1 atom stereocenters. The van der Waals surface area contributed by atoms with Gasteiger partial charge in [-0.2, -0.15) is 0 Å². The molecule has 0 radical (unpaired) electrons. The first-order valence-electron chi connectivity index (χ1n) is 6.87. The van der Waals surface area contributed by atoms with Gasteiger partial charge in [-0.1, -0.05) is 25.1 Å². The topological polar surface area (TPSA) is 40.2 Å². The molecule has 0 aliphatic heterocycles. The molecule has 1 heterocycles. The Morgan fingerprint density at radius 3 is 2.68 bits per heavy atom. The number of benzene rings is 1. The fourth-order valence-corrected chi connectivity index (χ4v) is 2.04. The van der Waals surface area contributed by atoms with Crippen molar-refractivity contribution in [3.8, 4) is 5.75 Å². The molecule has 2 aromatic rings. The van der Waals surface area contributed by atoms with Crippen molar-refractivity contribution in [2.45, 2.75) is 32.4 Å². The predicted octanol–water partition coefficient (Wildman–Crippen LogP) is 2.85. The van der Waals surface area contributed by atoms with E-state index in [9.17, 15) is 0 Å². The van der Waals surface area contributed by atoms with Gasteiger partial charge in [-0.3, -0.25) is 0 Å². The van der Waals surface area contributed by atoms with E-state index in [2.05, 4.69) is 29.8 Å². The average Bonchev–Trinajstić information content (AvgIpc) is 2.87. The maximum atomic E-state index is 6.01.